The second-order valence-electron chi connectivity index (χ2n) is 16.1. The number of esters is 2. The molecule has 4 N–H and O–H groups in total. The van der Waals surface area contributed by atoms with Gasteiger partial charge in [-0.2, -0.15) is 8.42 Å². The Balaban J connectivity index is 2.47. The first-order valence-corrected chi connectivity index (χ1v) is 24.8. The molecule has 13 heteroatoms. The van der Waals surface area contributed by atoms with Crippen LogP contribution in [0, 0.1) is 0 Å². The molecule has 6 atom stereocenters. The van der Waals surface area contributed by atoms with Gasteiger partial charge in [-0.25, -0.2) is 0 Å². The second kappa shape index (κ2) is 37.2. The van der Waals surface area contributed by atoms with Crippen molar-refractivity contribution in [3.05, 3.63) is 48.6 Å². The molecule has 0 bridgehead atoms. The lowest BCUT2D eigenvalue weighted by Crippen LogP contribution is -2.60. The lowest BCUT2D eigenvalue weighted by molar-refractivity contribution is -0.297. The topological polar surface area (TPSA) is 186 Å². The average molecular weight is 871 g/mol. The summed E-state index contributed by atoms with van der Waals surface area (Å²) in [5.41, 5.74) is 0. The molecule has 60 heavy (non-hydrogen) atoms. The van der Waals surface area contributed by atoms with Gasteiger partial charge in [-0.15, -0.1) is 0 Å². The predicted molar refractivity (Wildman–Crippen MR) is 238 cm³/mol. The van der Waals surface area contributed by atoms with Crippen molar-refractivity contribution >= 4 is 22.1 Å². The first kappa shape index (κ1) is 55.6. The fraction of sp³-hybridized carbons (Fsp3) is 0.787. The Kier molecular flexibility index (Phi) is 34.5. The first-order valence-electron chi connectivity index (χ1n) is 23.2. The summed E-state index contributed by atoms with van der Waals surface area (Å²) in [6, 6.07) is 0. The Labute approximate surface area is 363 Å². The van der Waals surface area contributed by atoms with E-state index in [1.54, 1.807) is 0 Å². The van der Waals surface area contributed by atoms with Crippen molar-refractivity contribution in [3.63, 3.8) is 0 Å². The molecule has 1 saturated heterocycles. The predicted octanol–water partition coefficient (Wildman–Crippen LogP) is 9.56. The molecule has 0 radical (unpaired) electrons. The molecule has 1 aliphatic heterocycles. The molecule has 0 saturated carbocycles. The third-order valence-electron chi connectivity index (χ3n) is 10.4. The highest BCUT2D eigenvalue weighted by Gasteiger charge is 2.46. The second-order valence-corrected chi connectivity index (χ2v) is 17.6. The lowest BCUT2D eigenvalue weighted by Gasteiger charge is -2.40. The van der Waals surface area contributed by atoms with Crippen molar-refractivity contribution in [2.75, 3.05) is 19.0 Å². The van der Waals surface area contributed by atoms with E-state index in [-0.39, 0.29) is 19.4 Å². The van der Waals surface area contributed by atoms with Crippen LogP contribution in [0.25, 0.3) is 0 Å². The molecular weight excluding hydrogens is 789 g/mol. The van der Waals surface area contributed by atoms with E-state index in [0.29, 0.717) is 12.8 Å². The van der Waals surface area contributed by atoms with Gasteiger partial charge in [0.1, 0.15) is 36.8 Å². The van der Waals surface area contributed by atoms with Crippen molar-refractivity contribution in [2.45, 2.75) is 218 Å². The van der Waals surface area contributed by atoms with Crippen LogP contribution in [-0.4, -0.2) is 96.0 Å². The number of rotatable bonds is 38. The molecule has 0 spiro atoms. The van der Waals surface area contributed by atoms with E-state index < -0.39 is 71.2 Å². The number of ether oxygens (including phenoxy) is 4. The van der Waals surface area contributed by atoms with Crippen LogP contribution in [0.1, 0.15) is 181 Å². The van der Waals surface area contributed by atoms with E-state index in [2.05, 4.69) is 62.5 Å². The Bertz CT molecular complexity index is 1300. The summed E-state index contributed by atoms with van der Waals surface area (Å²) in [4.78, 5) is 25.4. The van der Waals surface area contributed by atoms with E-state index in [1.165, 1.54) is 77.0 Å². The summed E-state index contributed by atoms with van der Waals surface area (Å²) in [5, 5.41) is 30.9. The minimum absolute atomic E-state index is 0.150. The fourth-order valence-electron chi connectivity index (χ4n) is 6.74. The van der Waals surface area contributed by atoms with E-state index in [1.807, 2.05) is 0 Å². The Morgan fingerprint density at radius 1 is 0.567 bits per heavy atom. The van der Waals surface area contributed by atoms with Crippen LogP contribution in [0.3, 0.4) is 0 Å². The lowest BCUT2D eigenvalue weighted by atomic mass is 10.00. The summed E-state index contributed by atoms with van der Waals surface area (Å²) in [7, 11) is -4.61. The summed E-state index contributed by atoms with van der Waals surface area (Å²) >= 11 is 0. The van der Waals surface area contributed by atoms with Crippen LogP contribution in [-0.2, 0) is 38.7 Å². The van der Waals surface area contributed by atoms with E-state index in [9.17, 15) is 37.9 Å². The maximum absolute atomic E-state index is 12.8. The molecule has 1 aliphatic rings. The summed E-state index contributed by atoms with van der Waals surface area (Å²) in [6.07, 6.45) is 34.4. The molecule has 0 aliphatic carbocycles. The van der Waals surface area contributed by atoms with Gasteiger partial charge < -0.3 is 34.3 Å². The minimum Gasteiger partial charge on any atom is -0.462 e. The zero-order valence-electron chi connectivity index (χ0n) is 37.1. The highest BCUT2D eigenvalue weighted by atomic mass is 32.2. The number of unbranched alkanes of at least 4 members (excludes halogenated alkanes) is 18. The number of allylic oxidation sites excluding steroid dienone is 8. The first-order chi connectivity index (χ1) is 29.0. The molecule has 1 heterocycles. The molecule has 348 valence electrons. The molecule has 1 fully saturated rings. The molecule has 0 aromatic heterocycles. The van der Waals surface area contributed by atoms with Gasteiger partial charge in [-0.05, 0) is 77.0 Å². The van der Waals surface area contributed by atoms with Crippen molar-refractivity contribution < 1.29 is 56.8 Å². The van der Waals surface area contributed by atoms with E-state index >= 15 is 0 Å². The van der Waals surface area contributed by atoms with Gasteiger partial charge in [0, 0.05) is 12.8 Å². The zero-order chi connectivity index (χ0) is 44.1. The van der Waals surface area contributed by atoms with Crippen LogP contribution in [0.15, 0.2) is 48.6 Å². The molecule has 0 amide bonds. The molecule has 2 unspecified atom stereocenters. The smallest absolute Gasteiger partial charge is 0.306 e. The van der Waals surface area contributed by atoms with E-state index in [0.717, 1.165) is 64.2 Å². The average Bonchev–Trinajstić information content (AvgIpc) is 3.21. The van der Waals surface area contributed by atoms with Crippen LogP contribution < -0.4 is 0 Å². The van der Waals surface area contributed by atoms with Crippen molar-refractivity contribution in [1.29, 1.82) is 0 Å². The third-order valence-corrected chi connectivity index (χ3v) is 11.1. The van der Waals surface area contributed by atoms with Gasteiger partial charge in [-0.1, -0.05) is 140 Å². The molecule has 0 aromatic carbocycles. The summed E-state index contributed by atoms with van der Waals surface area (Å²) < 4.78 is 54.0. The summed E-state index contributed by atoms with van der Waals surface area (Å²) in [5.74, 6) is -2.04. The molecule has 12 nitrogen and oxygen atoms in total. The number of carbonyl (C=O) groups is 2. The highest BCUT2D eigenvalue weighted by Crippen LogP contribution is 2.24. The summed E-state index contributed by atoms with van der Waals surface area (Å²) in [6.45, 7) is 3.69. The van der Waals surface area contributed by atoms with Gasteiger partial charge in [0.15, 0.2) is 12.4 Å². The number of hydrogen-bond acceptors (Lipinski definition) is 11. The normalized spacial score (nSPS) is 20.5. The Hall–Kier alpha value is -2.39. The Morgan fingerprint density at radius 2 is 1.00 bits per heavy atom. The van der Waals surface area contributed by atoms with Crippen LogP contribution in [0.2, 0.25) is 0 Å². The largest absolute Gasteiger partial charge is 0.462 e. The maximum atomic E-state index is 12.8. The van der Waals surface area contributed by atoms with Crippen LogP contribution in [0.4, 0.5) is 0 Å². The minimum atomic E-state index is -4.61. The van der Waals surface area contributed by atoms with Gasteiger partial charge in [-0.3, -0.25) is 14.1 Å². The quantitative estimate of drug-likeness (QED) is 0.0200. The van der Waals surface area contributed by atoms with Crippen molar-refractivity contribution in [2.24, 2.45) is 0 Å². The fourth-order valence-corrected chi connectivity index (χ4v) is 7.43. The van der Waals surface area contributed by atoms with Crippen molar-refractivity contribution in [1.82, 2.24) is 0 Å². The third kappa shape index (κ3) is 31.5. The number of aliphatic hydroxyl groups excluding tert-OH is 3. The van der Waals surface area contributed by atoms with Gasteiger partial charge in [0.25, 0.3) is 10.1 Å². The Morgan fingerprint density at radius 3 is 1.57 bits per heavy atom. The monoisotopic (exact) mass is 871 g/mol. The molecular formula is C47H82O12S. The molecule has 1 rings (SSSR count). The van der Waals surface area contributed by atoms with E-state index in [4.69, 9.17) is 18.9 Å². The zero-order valence-corrected chi connectivity index (χ0v) is 37.9. The standard InChI is InChI=1S/C47H82O12S/c1-3-5-7-9-11-13-15-17-19-20-22-24-26-28-30-32-34-36-43(49)58-40(38-57-47-46(52)45(51)44(50)41(59-47)39-60(53,54)55)37-56-42(48)35-33-31-29-27-25-23-21-18-16-14-12-10-8-6-4-2/h12,14,17-19,21,25,27,40-41,44-47,50-52H,3-11,13,15-16,20,22-24,26,28-39H2,1-2H3,(H,53,54,55)/b14-12+,19-17+,21-18+,27-25+/t40-,41-,44-,45?,46?,47+/m1/s1. The number of aliphatic hydroxyl groups is 3. The van der Waals surface area contributed by atoms with Crippen LogP contribution in [0.5, 0.6) is 0 Å². The number of hydrogen-bond donors (Lipinski definition) is 4. The highest BCUT2D eigenvalue weighted by molar-refractivity contribution is 7.85. The maximum Gasteiger partial charge on any atom is 0.306 e. The van der Waals surface area contributed by atoms with Crippen molar-refractivity contribution in [3.8, 4) is 0 Å². The SMILES string of the molecule is CCCCC/C=C/C/C=C/C/C=C/CCCCC(=O)OC[C@H](CO[C@H]1O[C@H](CS(=O)(=O)O)[C@@H](O)C(O)C1O)OC(=O)CCCCCCCCC/C=C/CCCCCCCC. The molecule has 0 aromatic rings. The van der Waals surface area contributed by atoms with Crippen LogP contribution >= 0.6 is 0 Å². The van der Waals surface area contributed by atoms with Gasteiger partial charge in [0.2, 0.25) is 0 Å². The van der Waals surface area contributed by atoms with Gasteiger partial charge in [0.05, 0.1) is 6.61 Å². The van der Waals surface area contributed by atoms with Gasteiger partial charge >= 0.3 is 11.9 Å². The number of carbonyl (C=O) groups excluding carboxylic acids is 2.